The van der Waals surface area contributed by atoms with Crippen molar-refractivity contribution in [3.63, 3.8) is 0 Å². The van der Waals surface area contributed by atoms with Crippen LogP contribution in [0, 0.1) is 0 Å². The van der Waals surface area contributed by atoms with E-state index in [1.54, 1.807) is 38.5 Å². The van der Waals surface area contributed by atoms with Crippen molar-refractivity contribution in [2.24, 2.45) is 0 Å². The number of benzene rings is 2. The van der Waals surface area contributed by atoms with Crippen LogP contribution >= 0.6 is 0 Å². The molecule has 0 saturated carbocycles. The maximum absolute atomic E-state index is 12.0. The van der Waals surface area contributed by atoms with Gasteiger partial charge in [-0.25, -0.2) is 0 Å². The van der Waals surface area contributed by atoms with Crippen molar-refractivity contribution >= 4 is 17.7 Å². The summed E-state index contributed by atoms with van der Waals surface area (Å²) >= 11 is 0. The van der Waals surface area contributed by atoms with Gasteiger partial charge in [-0.1, -0.05) is 30.3 Å². The summed E-state index contributed by atoms with van der Waals surface area (Å²) in [6.45, 7) is 0. The molecule has 0 spiro atoms. The van der Waals surface area contributed by atoms with Crippen LogP contribution in [0.1, 0.15) is 5.56 Å². The fraction of sp³-hybridized carbons (Fsp3) is 0.118. The van der Waals surface area contributed by atoms with Crippen LogP contribution in [-0.2, 0) is 4.79 Å². The normalized spacial score (nSPS) is 10.4. The summed E-state index contributed by atoms with van der Waals surface area (Å²) in [5.74, 6) is 1.00. The second-order valence-electron chi connectivity index (χ2n) is 4.30. The van der Waals surface area contributed by atoms with Gasteiger partial charge >= 0.3 is 0 Å². The quantitative estimate of drug-likeness (QED) is 0.856. The smallest absolute Gasteiger partial charge is 0.248 e. The number of nitrogens with one attached hydrogen (secondary N) is 1. The molecule has 2 aromatic carbocycles. The van der Waals surface area contributed by atoms with Gasteiger partial charge in [0.1, 0.15) is 11.5 Å². The third-order valence-corrected chi connectivity index (χ3v) is 2.89. The Balaban J connectivity index is 2.10. The van der Waals surface area contributed by atoms with Gasteiger partial charge in [-0.15, -0.1) is 0 Å². The van der Waals surface area contributed by atoms with Crippen LogP contribution in [0.2, 0.25) is 0 Å². The number of anilines is 1. The number of hydrogen-bond donors (Lipinski definition) is 1. The zero-order valence-corrected chi connectivity index (χ0v) is 12.0. The molecule has 0 aliphatic carbocycles. The second kappa shape index (κ2) is 7.14. The molecule has 0 unspecified atom stereocenters. The lowest BCUT2D eigenvalue weighted by Crippen LogP contribution is -2.09. The predicted octanol–water partition coefficient (Wildman–Crippen LogP) is 3.36. The maximum Gasteiger partial charge on any atom is 0.248 e. The van der Waals surface area contributed by atoms with Gasteiger partial charge in [0.05, 0.1) is 19.9 Å². The molecule has 4 nitrogen and oxygen atoms in total. The molecule has 0 fully saturated rings. The van der Waals surface area contributed by atoms with Crippen molar-refractivity contribution in [1.82, 2.24) is 0 Å². The number of ether oxygens (including phenoxy) is 2. The van der Waals surface area contributed by atoms with Gasteiger partial charge in [0, 0.05) is 12.1 Å². The second-order valence-corrected chi connectivity index (χ2v) is 4.30. The SMILES string of the molecule is COc1ccc(OC)c(NC(=O)/C=C\c2ccccc2)c1. The molecule has 0 aliphatic rings. The summed E-state index contributed by atoms with van der Waals surface area (Å²) in [4.78, 5) is 12.0. The van der Waals surface area contributed by atoms with Crippen LogP contribution in [0.15, 0.2) is 54.6 Å². The molecule has 0 radical (unpaired) electrons. The first-order valence-electron chi connectivity index (χ1n) is 6.49. The lowest BCUT2D eigenvalue weighted by Gasteiger charge is -2.10. The van der Waals surface area contributed by atoms with E-state index >= 15 is 0 Å². The van der Waals surface area contributed by atoms with Crippen LogP contribution in [0.4, 0.5) is 5.69 Å². The highest BCUT2D eigenvalue weighted by Gasteiger charge is 2.07. The molecule has 0 bridgehead atoms. The summed E-state index contributed by atoms with van der Waals surface area (Å²) in [7, 11) is 3.12. The largest absolute Gasteiger partial charge is 0.497 e. The van der Waals surface area contributed by atoms with Crippen molar-refractivity contribution in [1.29, 1.82) is 0 Å². The summed E-state index contributed by atoms with van der Waals surface area (Å²) in [6.07, 6.45) is 3.23. The first kappa shape index (κ1) is 14.7. The van der Waals surface area contributed by atoms with Crippen molar-refractivity contribution < 1.29 is 14.3 Å². The van der Waals surface area contributed by atoms with Crippen molar-refractivity contribution in [3.05, 3.63) is 60.2 Å². The molecule has 1 N–H and O–H groups in total. The molecule has 0 heterocycles. The van der Waals surface area contributed by atoms with Crippen LogP contribution in [-0.4, -0.2) is 20.1 Å². The molecule has 2 rings (SSSR count). The molecule has 0 saturated heterocycles. The van der Waals surface area contributed by atoms with E-state index in [0.717, 1.165) is 5.56 Å². The van der Waals surface area contributed by atoms with E-state index in [9.17, 15) is 4.79 Å². The minimum Gasteiger partial charge on any atom is -0.497 e. The molecule has 21 heavy (non-hydrogen) atoms. The Labute approximate surface area is 124 Å². The van der Waals surface area contributed by atoms with Gasteiger partial charge in [0.15, 0.2) is 0 Å². The number of amides is 1. The highest BCUT2D eigenvalue weighted by Crippen LogP contribution is 2.28. The Morgan fingerprint density at radius 1 is 1.05 bits per heavy atom. The third-order valence-electron chi connectivity index (χ3n) is 2.89. The third kappa shape index (κ3) is 4.11. The maximum atomic E-state index is 12.0. The monoisotopic (exact) mass is 283 g/mol. The Morgan fingerprint density at radius 2 is 1.81 bits per heavy atom. The zero-order chi connectivity index (χ0) is 15.1. The van der Waals surface area contributed by atoms with Crippen LogP contribution in [0.5, 0.6) is 11.5 Å². The van der Waals surface area contributed by atoms with Gasteiger partial charge in [-0.3, -0.25) is 4.79 Å². The summed E-state index contributed by atoms with van der Waals surface area (Å²) in [5, 5.41) is 2.78. The molecule has 0 aromatic heterocycles. The molecule has 1 amide bonds. The Bertz CT molecular complexity index is 636. The predicted molar refractivity (Wildman–Crippen MR) is 83.7 cm³/mol. The highest BCUT2D eigenvalue weighted by molar-refractivity contribution is 6.02. The number of hydrogen-bond acceptors (Lipinski definition) is 3. The zero-order valence-electron chi connectivity index (χ0n) is 12.0. The fourth-order valence-corrected chi connectivity index (χ4v) is 1.82. The Kier molecular flexibility index (Phi) is 4.99. The molecule has 4 heteroatoms. The fourth-order valence-electron chi connectivity index (χ4n) is 1.82. The van der Waals surface area contributed by atoms with Gasteiger partial charge < -0.3 is 14.8 Å². The van der Waals surface area contributed by atoms with Crippen LogP contribution in [0.25, 0.3) is 6.08 Å². The van der Waals surface area contributed by atoms with E-state index in [1.165, 1.54) is 6.08 Å². The Hall–Kier alpha value is -2.75. The van der Waals surface area contributed by atoms with Gasteiger partial charge in [-0.05, 0) is 23.8 Å². The molecule has 0 atom stereocenters. The van der Waals surface area contributed by atoms with E-state index in [1.807, 2.05) is 30.3 Å². The topological polar surface area (TPSA) is 47.6 Å². The number of rotatable bonds is 5. The summed E-state index contributed by atoms with van der Waals surface area (Å²) in [5.41, 5.74) is 1.53. The molecular formula is C17H17NO3. The van der Waals surface area contributed by atoms with Gasteiger partial charge in [0.25, 0.3) is 0 Å². The number of carbonyl (C=O) groups is 1. The lowest BCUT2D eigenvalue weighted by atomic mass is 10.2. The van der Waals surface area contributed by atoms with Crippen molar-refractivity contribution in [2.45, 2.75) is 0 Å². The summed E-state index contributed by atoms with van der Waals surface area (Å²) < 4.78 is 10.4. The van der Waals surface area contributed by atoms with Gasteiger partial charge in [0.2, 0.25) is 5.91 Å². The van der Waals surface area contributed by atoms with Gasteiger partial charge in [-0.2, -0.15) is 0 Å². The number of methoxy groups -OCH3 is 2. The lowest BCUT2D eigenvalue weighted by molar-refractivity contribution is -0.111. The molecule has 2 aromatic rings. The minimum absolute atomic E-state index is 0.231. The van der Waals surface area contributed by atoms with Crippen molar-refractivity contribution in [3.8, 4) is 11.5 Å². The van der Waals surface area contributed by atoms with Crippen molar-refractivity contribution in [2.75, 3.05) is 19.5 Å². The first-order chi connectivity index (χ1) is 10.2. The molecule has 108 valence electrons. The molecule has 0 aliphatic heterocycles. The van der Waals surface area contributed by atoms with E-state index in [-0.39, 0.29) is 5.91 Å². The first-order valence-corrected chi connectivity index (χ1v) is 6.49. The Morgan fingerprint density at radius 3 is 2.48 bits per heavy atom. The van der Waals surface area contributed by atoms with E-state index < -0.39 is 0 Å². The van der Waals surface area contributed by atoms with Crippen LogP contribution in [0.3, 0.4) is 0 Å². The highest BCUT2D eigenvalue weighted by atomic mass is 16.5. The number of carbonyl (C=O) groups excluding carboxylic acids is 1. The molecular weight excluding hydrogens is 266 g/mol. The average Bonchev–Trinajstić information content (AvgIpc) is 2.54. The standard InChI is InChI=1S/C17H17NO3/c1-20-14-9-10-16(21-2)15(12-14)18-17(19)11-8-13-6-4-3-5-7-13/h3-12H,1-2H3,(H,18,19)/b11-8-. The minimum atomic E-state index is -0.231. The van der Waals surface area contributed by atoms with E-state index in [4.69, 9.17) is 9.47 Å². The van der Waals surface area contributed by atoms with E-state index in [0.29, 0.717) is 17.2 Å². The van der Waals surface area contributed by atoms with E-state index in [2.05, 4.69) is 5.32 Å². The summed E-state index contributed by atoms with van der Waals surface area (Å²) in [6, 6.07) is 14.9. The average molecular weight is 283 g/mol. The van der Waals surface area contributed by atoms with Crippen LogP contribution < -0.4 is 14.8 Å².